The number of nitrogens with zero attached hydrogens (tertiary/aromatic N) is 1. The Labute approximate surface area is 114 Å². The Kier molecular flexibility index (Phi) is 4.43. The fourth-order valence-corrected chi connectivity index (χ4v) is 2.80. The number of carbonyl (C=O) groups is 1. The summed E-state index contributed by atoms with van der Waals surface area (Å²) in [5.41, 5.74) is 0.700. The van der Waals surface area contributed by atoms with Crippen molar-refractivity contribution in [3.05, 3.63) is 30.3 Å². The lowest BCUT2D eigenvalue weighted by Gasteiger charge is -2.35. The zero-order valence-electron chi connectivity index (χ0n) is 11.4. The summed E-state index contributed by atoms with van der Waals surface area (Å²) in [5, 5.41) is 11.9. The van der Waals surface area contributed by atoms with Gasteiger partial charge in [-0.25, -0.2) is 4.79 Å². The highest BCUT2D eigenvalue weighted by atomic mass is 16.3. The Morgan fingerprint density at radius 1 is 1.42 bits per heavy atom. The van der Waals surface area contributed by atoms with Crippen LogP contribution in [0.5, 0.6) is 0 Å². The molecule has 0 bridgehead atoms. The van der Waals surface area contributed by atoms with Crippen LogP contribution in [0.1, 0.15) is 32.6 Å². The second-order valence-corrected chi connectivity index (χ2v) is 5.38. The van der Waals surface area contributed by atoms with Gasteiger partial charge in [-0.2, -0.15) is 0 Å². The molecule has 0 aromatic heterocycles. The number of rotatable bonds is 4. The summed E-state index contributed by atoms with van der Waals surface area (Å²) in [6.07, 6.45) is 3.64. The van der Waals surface area contributed by atoms with Gasteiger partial charge in [0.1, 0.15) is 0 Å². The Hall–Kier alpha value is -1.55. The van der Waals surface area contributed by atoms with Crippen LogP contribution < -0.4 is 5.32 Å². The van der Waals surface area contributed by atoms with E-state index in [0.717, 1.165) is 37.9 Å². The molecule has 4 heteroatoms. The minimum absolute atomic E-state index is 0.0378. The first kappa shape index (κ1) is 13.9. The van der Waals surface area contributed by atoms with Gasteiger partial charge in [0, 0.05) is 24.4 Å². The lowest BCUT2D eigenvalue weighted by molar-refractivity contribution is 0.151. The van der Waals surface area contributed by atoms with Crippen molar-refractivity contribution < 1.29 is 9.90 Å². The van der Waals surface area contributed by atoms with Crippen LogP contribution in [0.2, 0.25) is 0 Å². The van der Waals surface area contributed by atoms with Crippen LogP contribution in [0, 0.1) is 0 Å². The molecule has 1 heterocycles. The zero-order valence-corrected chi connectivity index (χ0v) is 11.4. The SMILES string of the molecule is CC1(CCCO)CCCN1C(=O)Nc1ccccc1. The summed E-state index contributed by atoms with van der Waals surface area (Å²) in [4.78, 5) is 14.3. The second kappa shape index (κ2) is 6.06. The first-order chi connectivity index (χ1) is 9.15. The van der Waals surface area contributed by atoms with Crippen molar-refractivity contribution in [2.75, 3.05) is 18.5 Å². The van der Waals surface area contributed by atoms with Crippen molar-refractivity contribution in [1.82, 2.24) is 4.90 Å². The van der Waals surface area contributed by atoms with Gasteiger partial charge in [0.15, 0.2) is 0 Å². The highest BCUT2D eigenvalue weighted by Crippen LogP contribution is 2.33. The molecule has 1 aromatic rings. The number of aliphatic hydroxyl groups excluding tert-OH is 1. The summed E-state index contributed by atoms with van der Waals surface area (Å²) < 4.78 is 0. The number of aliphatic hydroxyl groups is 1. The van der Waals surface area contributed by atoms with E-state index >= 15 is 0 Å². The Balaban J connectivity index is 2.01. The lowest BCUT2D eigenvalue weighted by Crippen LogP contribution is -2.47. The Morgan fingerprint density at radius 3 is 2.84 bits per heavy atom. The van der Waals surface area contributed by atoms with Gasteiger partial charge < -0.3 is 15.3 Å². The molecule has 104 valence electrons. The predicted octanol–water partition coefficient (Wildman–Crippen LogP) is 2.85. The van der Waals surface area contributed by atoms with Crippen LogP contribution in [0.4, 0.5) is 10.5 Å². The average molecular weight is 262 g/mol. The van der Waals surface area contributed by atoms with Gasteiger partial charge in [-0.15, -0.1) is 0 Å². The van der Waals surface area contributed by atoms with Crippen molar-refractivity contribution >= 4 is 11.7 Å². The third kappa shape index (κ3) is 3.26. The molecular weight excluding hydrogens is 240 g/mol. The Bertz CT molecular complexity index is 421. The summed E-state index contributed by atoms with van der Waals surface area (Å²) in [7, 11) is 0. The maximum atomic E-state index is 12.3. The van der Waals surface area contributed by atoms with E-state index < -0.39 is 0 Å². The van der Waals surface area contributed by atoms with E-state index in [4.69, 9.17) is 5.11 Å². The molecule has 0 radical (unpaired) electrons. The zero-order chi connectivity index (χ0) is 13.7. The van der Waals surface area contributed by atoms with Crippen LogP contribution in [0.25, 0.3) is 0 Å². The summed E-state index contributed by atoms with van der Waals surface area (Å²) in [6, 6.07) is 9.48. The van der Waals surface area contributed by atoms with E-state index in [2.05, 4.69) is 12.2 Å². The van der Waals surface area contributed by atoms with Crippen LogP contribution in [-0.4, -0.2) is 34.7 Å². The van der Waals surface area contributed by atoms with E-state index in [9.17, 15) is 4.79 Å². The number of para-hydroxylation sites is 1. The van der Waals surface area contributed by atoms with Crippen molar-refractivity contribution in [3.8, 4) is 0 Å². The van der Waals surface area contributed by atoms with Gasteiger partial charge in [0.2, 0.25) is 0 Å². The molecule has 19 heavy (non-hydrogen) atoms. The second-order valence-electron chi connectivity index (χ2n) is 5.38. The summed E-state index contributed by atoms with van der Waals surface area (Å²) >= 11 is 0. The number of benzene rings is 1. The van der Waals surface area contributed by atoms with Crippen molar-refractivity contribution in [3.63, 3.8) is 0 Å². The molecular formula is C15H22N2O2. The maximum absolute atomic E-state index is 12.3. The third-order valence-corrected chi connectivity index (χ3v) is 3.89. The van der Waals surface area contributed by atoms with E-state index in [0.29, 0.717) is 0 Å². The van der Waals surface area contributed by atoms with Gasteiger partial charge in [0.05, 0.1) is 0 Å². The van der Waals surface area contributed by atoms with Gasteiger partial charge in [-0.1, -0.05) is 18.2 Å². The normalized spacial score (nSPS) is 22.5. The fraction of sp³-hybridized carbons (Fsp3) is 0.533. The summed E-state index contributed by atoms with van der Waals surface area (Å²) in [6.45, 7) is 3.09. The molecule has 0 spiro atoms. The summed E-state index contributed by atoms with van der Waals surface area (Å²) in [5.74, 6) is 0. The molecule has 0 aliphatic carbocycles. The monoisotopic (exact) mass is 262 g/mol. The molecule has 1 unspecified atom stereocenters. The van der Waals surface area contributed by atoms with Gasteiger partial charge in [-0.05, 0) is 44.7 Å². The van der Waals surface area contributed by atoms with E-state index in [1.165, 1.54) is 0 Å². The van der Waals surface area contributed by atoms with Gasteiger partial charge >= 0.3 is 6.03 Å². The lowest BCUT2D eigenvalue weighted by atomic mass is 9.93. The average Bonchev–Trinajstić information content (AvgIpc) is 2.80. The molecule has 1 atom stereocenters. The van der Waals surface area contributed by atoms with Crippen molar-refractivity contribution in [2.24, 2.45) is 0 Å². The van der Waals surface area contributed by atoms with Crippen molar-refractivity contribution in [2.45, 2.75) is 38.1 Å². The quantitative estimate of drug-likeness (QED) is 0.876. The van der Waals surface area contributed by atoms with Gasteiger partial charge in [0.25, 0.3) is 0 Å². The topological polar surface area (TPSA) is 52.6 Å². The number of hydrogen-bond donors (Lipinski definition) is 2. The number of likely N-dealkylation sites (tertiary alicyclic amines) is 1. The molecule has 1 saturated heterocycles. The molecule has 4 nitrogen and oxygen atoms in total. The van der Waals surface area contributed by atoms with Crippen LogP contribution in [-0.2, 0) is 0 Å². The maximum Gasteiger partial charge on any atom is 0.322 e. The van der Waals surface area contributed by atoms with Gasteiger partial charge in [-0.3, -0.25) is 0 Å². The predicted molar refractivity (Wildman–Crippen MR) is 76.1 cm³/mol. The minimum atomic E-state index is -0.123. The van der Waals surface area contributed by atoms with Crippen molar-refractivity contribution in [1.29, 1.82) is 0 Å². The number of nitrogens with one attached hydrogen (secondary N) is 1. The fourth-order valence-electron chi connectivity index (χ4n) is 2.80. The van der Waals surface area contributed by atoms with E-state index in [1.807, 2.05) is 35.2 Å². The Morgan fingerprint density at radius 2 is 2.16 bits per heavy atom. The molecule has 1 aliphatic rings. The van der Waals surface area contributed by atoms with E-state index in [1.54, 1.807) is 0 Å². The minimum Gasteiger partial charge on any atom is -0.396 e. The molecule has 1 aromatic carbocycles. The number of anilines is 1. The van der Waals surface area contributed by atoms with Crippen LogP contribution >= 0.6 is 0 Å². The molecule has 1 aliphatic heterocycles. The molecule has 1 fully saturated rings. The number of carbonyl (C=O) groups excluding carboxylic acids is 1. The van der Waals surface area contributed by atoms with E-state index in [-0.39, 0.29) is 18.2 Å². The third-order valence-electron chi connectivity index (χ3n) is 3.89. The highest BCUT2D eigenvalue weighted by molar-refractivity contribution is 5.90. The number of amides is 2. The smallest absolute Gasteiger partial charge is 0.322 e. The molecule has 2 amide bonds. The standard InChI is InChI=1S/C15H22N2O2/c1-15(10-6-12-18)9-5-11-17(15)14(19)16-13-7-3-2-4-8-13/h2-4,7-8,18H,5-6,9-12H2,1H3,(H,16,19). The molecule has 0 saturated carbocycles. The first-order valence-electron chi connectivity index (χ1n) is 6.90. The van der Waals surface area contributed by atoms with Crippen LogP contribution in [0.15, 0.2) is 30.3 Å². The molecule has 2 N–H and O–H groups in total. The van der Waals surface area contributed by atoms with Crippen LogP contribution in [0.3, 0.4) is 0 Å². The first-order valence-corrected chi connectivity index (χ1v) is 6.90. The number of urea groups is 1. The molecule has 2 rings (SSSR count). The largest absolute Gasteiger partial charge is 0.396 e. The number of hydrogen-bond acceptors (Lipinski definition) is 2. The highest BCUT2D eigenvalue weighted by Gasteiger charge is 2.38.